The number of aliphatic imine (C=N–C) groups is 1. The average Bonchev–Trinajstić information content (AvgIpc) is 3.26. The van der Waals surface area contributed by atoms with Gasteiger partial charge in [0.25, 0.3) is 5.91 Å². The van der Waals surface area contributed by atoms with Crippen molar-refractivity contribution in [1.82, 2.24) is 10.3 Å². The fraction of sp³-hybridized carbons (Fsp3) is 0.136. The highest BCUT2D eigenvalue weighted by molar-refractivity contribution is 6.10. The van der Waals surface area contributed by atoms with Crippen molar-refractivity contribution in [3.8, 4) is 17.2 Å². The van der Waals surface area contributed by atoms with Crippen molar-refractivity contribution in [2.24, 2.45) is 4.99 Å². The Morgan fingerprint density at radius 2 is 1.97 bits per heavy atom. The minimum absolute atomic E-state index is 0.150. The molecule has 0 unspecified atom stereocenters. The zero-order chi connectivity index (χ0) is 20.8. The Bertz CT molecular complexity index is 1050. The van der Waals surface area contributed by atoms with Gasteiger partial charge in [-0.05, 0) is 54.1 Å². The first-order valence-electron chi connectivity index (χ1n) is 9.27. The molecule has 3 aromatic rings. The molecule has 2 N–H and O–H groups in total. The molecule has 1 aromatic heterocycles. The number of aromatic nitrogens is 1. The number of pyridine rings is 1. The molecule has 4 rings (SSSR count). The molecule has 8 heteroatoms. The third-order valence-corrected chi connectivity index (χ3v) is 4.36. The summed E-state index contributed by atoms with van der Waals surface area (Å²) >= 11 is 0. The molecule has 0 saturated carbocycles. The Morgan fingerprint density at radius 3 is 2.73 bits per heavy atom. The molecule has 0 atom stereocenters. The maximum absolute atomic E-state index is 12.8. The first kappa shape index (κ1) is 19.3. The van der Waals surface area contributed by atoms with Crippen molar-refractivity contribution in [2.75, 3.05) is 19.2 Å². The van der Waals surface area contributed by atoms with E-state index >= 15 is 0 Å². The maximum Gasteiger partial charge on any atom is 0.258 e. The number of rotatable bonds is 5. The molecule has 1 aliphatic rings. The molecule has 0 radical (unpaired) electrons. The molecule has 2 aromatic carbocycles. The highest BCUT2D eigenvalue weighted by atomic mass is 16.7. The summed E-state index contributed by atoms with van der Waals surface area (Å²) in [6.07, 6.45) is 3.43. The lowest BCUT2D eigenvalue weighted by Crippen LogP contribution is -2.36. The standard InChI is InChI=1S/C22H20N4O4/c1-28-18-7-5-17(6-8-18)25-22(24-13-15-3-2-10-23-12-15)26-21(27)16-4-9-19-20(11-16)30-14-29-19/h2-12H,13-14H2,1H3,(H2,24,25,26,27). The Balaban J connectivity index is 1.53. The minimum Gasteiger partial charge on any atom is -0.497 e. The summed E-state index contributed by atoms with van der Waals surface area (Å²) < 4.78 is 15.8. The topological polar surface area (TPSA) is 94.1 Å². The zero-order valence-corrected chi connectivity index (χ0v) is 16.3. The summed E-state index contributed by atoms with van der Waals surface area (Å²) in [4.78, 5) is 21.4. The molecule has 0 fully saturated rings. The molecule has 8 nitrogen and oxygen atoms in total. The first-order chi connectivity index (χ1) is 14.7. The van der Waals surface area contributed by atoms with Crippen molar-refractivity contribution in [3.63, 3.8) is 0 Å². The number of fused-ring (bicyclic) bond motifs is 1. The van der Waals surface area contributed by atoms with Gasteiger partial charge in [-0.15, -0.1) is 0 Å². The van der Waals surface area contributed by atoms with Crippen LogP contribution in [0.3, 0.4) is 0 Å². The fourth-order valence-electron chi connectivity index (χ4n) is 2.80. The molecule has 0 spiro atoms. The molecule has 0 bridgehead atoms. The zero-order valence-electron chi connectivity index (χ0n) is 16.3. The van der Waals surface area contributed by atoms with E-state index in [9.17, 15) is 4.79 Å². The predicted molar refractivity (Wildman–Crippen MR) is 112 cm³/mol. The van der Waals surface area contributed by atoms with Crippen molar-refractivity contribution in [1.29, 1.82) is 0 Å². The fourth-order valence-corrected chi connectivity index (χ4v) is 2.80. The second-order valence-corrected chi connectivity index (χ2v) is 6.40. The van der Waals surface area contributed by atoms with Gasteiger partial charge in [-0.1, -0.05) is 6.07 Å². The Morgan fingerprint density at radius 1 is 1.13 bits per heavy atom. The second-order valence-electron chi connectivity index (χ2n) is 6.40. The Labute approximate surface area is 173 Å². The SMILES string of the molecule is COc1ccc(NC(=NCc2cccnc2)NC(=O)c2ccc3c(c2)OCO3)cc1. The van der Waals surface area contributed by atoms with Crippen LogP contribution >= 0.6 is 0 Å². The molecular weight excluding hydrogens is 384 g/mol. The largest absolute Gasteiger partial charge is 0.497 e. The van der Waals surface area contributed by atoms with Gasteiger partial charge in [0, 0.05) is 23.6 Å². The number of benzene rings is 2. The summed E-state index contributed by atoms with van der Waals surface area (Å²) in [6, 6.07) is 16.1. The quantitative estimate of drug-likeness (QED) is 0.501. The van der Waals surface area contributed by atoms with Crippen molar-refractivity contribution < 1.29 is 19.0 Å². The lowest BCUT2D eigenvalue weighted by molar-refractivity contribution is 0.0976. The van der Waals surface area contributed by atoms with E-state index in [0.29, 0.717) is 29.6 Å². The van der Waals surface area contributed by atoms with E-state index < -0.39 is 0 Å². The number of amides is 1. The number of ether oxygens (including phenoxy) is 3. The average molecular weight is 404 g/mol. The molecule has 2 heterocycles. The lowest BCUT2D eigenvalue weighted by atomic mass is 10.2. The summed E-state index contributed by atoms with van der Waals surface area (Å²) in [6.45, 7) is 0.505. The third-order valence-electron chi connectivity index (χ3n) is 4.36. The van der Waals surface area contributed by atoms with Crippen LogP contribution in [0.2, 0.25) is 0 Å². The number of methoxy groups -OCH3 is 1. The van der Waals surface area contributed by atoms with E-state index in [1.807, 2.05) is 36.4 Å². The van der Waals surface area contributed by atoms with Gasteiger partial charge < -0.3 is 19.5 Å². The van der Waals surface area contributed by atoms with Gasteiger partial charge in [0.15, 0.2) is 11.5 Å². The molecular formula is C22H20N4O4. The van der Waals surface area contributed by atoms with Crippen LogP contribution in [0.5, 0.6) is 17.2 Å². The second kappa shape index (κ2) is 8.95. The molecule has 30 heavy (non-hydrogen) atoms. The molecule has 0 saturated heterocycles. The monoisotopic (exact) mass is 404 g/mol. The van der Waals surface area contributed by atoms with Crippen molar-refractivity contribution in [3.05, 3.63) is 78.1 Å². The molecule has 0 aliphatic carbocycles. The van der Waals surface area contributed by atoms with Gasteiger partial charge in [-0.25, -0.2) is 4.99 Å². The van der Waals surface area contributed by atoms with Gasteiger partial charge in [0.2, 0.25) is 12.8 Å². The number of nitrogens with one attached hydrogen (secondary N) is 2. The van der Waals surface area contributed by atoms with Crippen LogP contribution in [0.25, 0.3) is 0 Å². The Kier molecular flexibility index (Phi) is 5.75. The van der Waals surface area contributed by atoms with Gasteiger partial charge in [0.05, 0.1) is 13.7 Å². The Hall–Kier alpha value is -4.07. The van der Waals surface area contributed by atoms with E-state index in [-0.39, 0.29) is 12.7 Å². The van der Waals surface area contributed by atoms with Crippen LogP contribution in [0, 0.1) is 0 Å². The molecule has 1 amide bonds. The van der Waals surface area contributed by atoms with Crippen LogP contribution < -0.4 is 24.8 Å². The maximum atomic E-state index is 12.8. The normalized spacial score (nSPS) is 12.4. The van der Waals surface area contributed by atoms with E-state index in [0.717, 1.165) is 17.0 Å². The smallest absolute Gasteiger partial charge is 0.258 e. The molecule has 1 aliphatic heterocycles. The van der Waals surface area contributed by atoms with E-state index in [1.165, 1.54) is 0 Å². The van der Waals surface area contributed by atoms with E-state index in [2.05, 4.69) is 20.6 Å². The summed E-state index contributed by atoms with van der Waals surface area (Å²) in [5.74, 6) is 1.89. The predicted octanol–water partition coefficient (Wildman–Crippen LogP) is 3.22. The summed E-state index contributed by atoms with van der Waals surface area (Å²) in [5.41, 5.74) is 2.11. The number of hydrogen-bond acceptors (Lipinski definition) is 6. The van der Waals surface area contributed by atoms with Gasteiger partial charge >= 0.3 is 0 Å². The number of guanidine groups is 1. The van der Waals surface area contributed by atoms with Crippen LogP contribution in [0.4, 0.5) is 5.69 Å². The third kappa shape index (κ3) is 4.67. The van der Waals surface area contributed by atoms with Crippen molar-refractivity contribution in [2.45, 2.75) is 6.54 Å². The summed E-state index contributed by atoms with van der Waals surface area (Å²) in [7, 11) is 1.61. The molecule has 152 valence electrons. The lowest BCUT2D eigenvalue weighted by Gasteiger charge is -2.12. The number of carbonyl (C=O) groups excluding carboxylic acids is 1. The van der Waals surface area contributed by atoms with Crippen LogP contribution in [0.15, 0.2) is 72.0 Å². The number of hydrogen-bond donors (Lipinski definition) is 2. The van der Waals surface area contributed by atoms with E-state index in [1.54, 1.807) is 37.7 Å². The number of anilines is 1. The highest BCUT2D eigenvalue weighted by Crippen LogP contribution is 2.32. The highest BCUT2D eigenvalue weighted by Gasteiger charge is 2.17. The first-order valence-corrected chi connectivity index (χ1v) is 9.27. The van der Waals surface area contributed by atoms with Crippen LogP contribution in [0.1, 0.15) is 15.9 Å². The minimum atomic E-state index is -0.320. The number of carbonyl (C=O) groups is 1. The van der Waals surface area contributed by atoms with Crippen LogP contribution in [-0.4, -0.2) is 30.8 Å². The van der Waals surface area contributed by atoms with E-state index in [4.69, 9.17) is 14.2 Å². The summed E-state index contributed by atoms with van der Waals surface area (Å²) in [5, 5.41) is 5.96. The van der Waals surface area contributed by atoms with Gasteiger partial charge in [0.1, 0.15) is 5.75 Å². The van der Waals surface area contributed by atoms with Gasteiger partial charge in [-0.3, -0.25) is 15.1 Å². The van der Waals surface area contributed by atoms with Crippen molar-refractivity contribution >= 4 is 17.6 Å². The number of nitrogens with zero attached hydrogens (tertiary/aromatic N) is 2. The van der Waals surface area contributed by atoms with Crippen LogP contribution in [-0.2, 0) is 6.54 Å². The van der Waals surface area contributed by atoms with Gasteiger partial charge in [-0.2, -0.15) is 0 Å².